The highest BCUT2D eigenvalue weighted by molar-refractivity contribution is 5.80. The molecule has 5 heteroatoms. The average Bonchev–Trinajstić information content (AvgIpc) is 2.60. The lowest BCUT2D eigenvalue weighted by molar-refractivity contribution is -0.142. The van der Waals surface area contributed by atoms with Crippen molar-refractivity contribution < 1.29 is 20.1 Å². The molecular formula is C20H41NO4. The van der Waals surface area contributed by atoms with Crippen molar-refractivity contribution in [3.63, 3.8) is 0 Å². The van der Waals surface area contributed by atoms with Gasteiger partial charge in [-0.1, -0.05) is 78.1 Å². The minimum absolute atomic E-state index is 0.156. The van der Waals surface area contributed by atoms with E-state index in [0.717, 1.165) is 25.7 Å². The van der Waals surface area contributed by atoms with Gasteiger partial charge in [0.25, 0.3) is 5.91 Å². The molecule has 0 aromatic carbocycles. The Morgan fingerprint density at radius 3 is 1.96 bits per heavy atom. The zero-order valence-corrected chi connectivity index (χ0v) is 16.5. The largest absolute Gasteiger partial charge is 0.395 e. The highest BCUT2D eigenvalue weighted by Gasteiger charge is 2.23. The van der Waals surface area contributed by atoms with E-state index in [1.54, 1.807) is 0 Å². The summed E-state index contributed by atoms with van der Waals surface area (Å²) in [6.07, 6.45) is 10.9. The SMILES string of the molecule is CCCCCCCCCCC(O)CN(CCO)C(=O)C(O)CCCC. The third kappa shape index (κ3) is 13.2. The van der Waals surface area contributed by atoms with Gasteiger partial charge in [-0.25, -0.2) is 0 Å². The highest BCUT2D eigenvalue weighted by atomic mass is 16.3. The first-order valence-electron chi connectivity index (χ1n) is 10.3. The van der Waals surface area contributed by atoms with Gasteiger partial charge in [0.1, 0.15) is 6.10 Å². The lowest BCUT2D eigenvalue weighted by atomic mass is 10.1. The Bertz CT molecular complexity index is 312. The lowest BCUT2D eigenvalue weighted by Crippen LogP contribution is -2.44. The van der Waals surface area contributed by atoms with Crippen molar-refractivity contribution in [2.24, 2.45) is 0 Å². The standard InChI is InChI=1S/C20H41NO4/c1-3-5-7-8-9-10-11-12-13-18(23)17-21(15-16-22)20(25)19(24)14-6-4-2/h18-19,22-24H,3-17H2,1-2H3. The Labute approximate surface area is 154 Å². The van der Waals surface area contributed by atoms with Crippen LogP contribution in [0.5, 0.6) is 0 Å². The summed E-state index contributed by atoms with van der Waals surface area (Å²) in [7, 11) is 0. The zero-order chi connectivity index (χ0) is 18.9. The van der Waals surface area contributed by atoms with Gasteiger partial charge in [0.15, 0.2) is 0 Å². The maximum atomic E-state index is 12.2. The molecule has 5 nitrogen and oxygen atoms in total. The van der Waals surface area contributed by atoms with E-state index in [1.165, 1.54) is 43.4 Å². The molecule has 0 aliphatic carbocycles. The molecule has 0 fully saturated rings. The van der Waals surface area contributed by atoms with Gasteiger partial charge in [0.05, 0.1) is 12.7 Å². The summed E-state index contributed by atoms with van der Waals surface area (Å²) in [6, 6.07) is 0. The molecular weight excluding hydrogens is 318 g/mol. The van der Waals surface area contributed by atoms with Crippen LogP contribution in [0, 0.1) is 0 Å². The number of unbranched alkanes of at least 4 members (excludes halogenated alkanes) is 8. The molecule has 0 bridgehead atoms. The predicted octanol–water partition coefficient (Wildman–Crippen LogP) is 3.25. The second-order valence-electron chi connectivity index (χ2n) is 7.08. The average molecular weight is 360 g/mol. The zero-order valence-electron chi connectivity index (χ0n) is 16.5. The summed E-state index contributed by atoms with van der Waals surface area (Å²) in [4.78, 5) is 13.6. The van der Waals surface area contributed by atoms with Crippen molar-refractivity contribution in [3.8, 4) is 0 Å². The predicted molar refractivity (Wildman–Crippen MR) is 102 cm³/mol. The van der Waals surface area contributed by atoms with Crippen LogP contribution < -0.4 is 0 Å². The second kappa shape index (κ2) is 16.8. The fraction of sp³-hybridized carbons (Fsp3) is 0.950. The molecule has 0 aromatic rings. The maximum Gasteiger partial charge on any atom is 0.251 e. The number of amides is 1. The molecule has 0 heterocycles. The highest BCUT2D eigenvalue weighted by Crippen LogP contribution is 2.12. The quantitative estimate of drug-likeness (QED) is 0.348. The Kier molecular flexibility index (Phi) is 16.4. The van der Waals surface area contributed by atoms with E-state index in [-0.39, 0.29) is 25.6 Å². The van der Waals surface area contributed by atoms with E-state index in [1.807, 2.05) is 6.92 Å². The minimum Gasteiger partial charge on any atom is -0.395 e. The molecule has 0 aliphatic heterocycles. The van der Waals surface area contributed by atoms with Crippen LogP contribution in [0.3, 0.4) is 0 Å². The summed E-state index contributed by atoms with van der Waals surface area (Å²) >= 11 is 0. The summed E-state index contributed by atoms with van der Waals surface area (Å²) < 4.78 is 0. The first kappa shape index (κ1) is 24.4. The van der Waals surface area contributed by atoms with Gasteiger partial charge < -0.3 is 20.2 Å². The van der Waals surface area contributed by atoms with Crippen molar-refractivity contribution in [1.82, 2.24) is 4.90 Å². The topological polar surface area (TPSA) is 81.0 Å². The molecule has 0 spiro atoms. The fourth-order valence-electron chi connectivity index (χ4n) is 3.00. The first-order valence-corrected chi connectivity index (χ1v) is 10.3. The van der Waals surface area contributed by atoms with E-state index in [4.69, 9.17) is 5.11 Å². The van der Waals surface area contributed by atoms with Gasteiger partial charge in [-0.05, 0) is 12.8 Å². The molecule has 0 aliphatic rings. The lowest BCUT2D eigenvalue weighted by Gasteiger charge is -2.27. The van der Waals surface area contributed by atoms with Gasteiger partial charge in [0.2, 0.25) is 0 Å². The summed E-state index contributed by atoms with van der Waals surface area (Å²) in [5, 5.41) is 29.2. The molecule has 2 atom stereocenters. The number of rotatable bonds is 17. The molecule has 3 N–H and O–H groups in total. The summed E-state index contributed by atoms with van der Waals surface area (Å²) in [5.74, 6) is -0.377. The number of carbonyl (C=O) groups excluding carboxylic acids is 1. The van der Waals surface area contributed by atoms with Crippen LogP contribution in [0.25, 0.3) is 0 Å². The van der Waals surface area contributed by atoms with Crippen molar-refractivity contribution in [3.05, 3.63) is 0 Å². The van der Waals surface area contributed by atoms with Crippen LogP contribution in [0.15, 0.2) is 0 Å². The molecule has 0 rings (SSSR count). The molecule has 0 saturated heterocycles. The van der Waals surface area contributed by atoms with Crippen LogP contribution in [-0.4, -0.2) is 58.0 Å². The van der Waals surface area contributed by atoms with Gasteiger partial charge in [-0.3, -0.25) is 4.79 Å². The fourth-order valence-corrected chi connectivity index (χ4v) is 3.00. The number of carbonyl (C=O) groups is 1. The minimum atomic E-state index is -1.03. The Morgan fingerprint density at radius 1 is 0.840 bits per heavy atom. The van der Waals surface area contributed by atoms with E-state index < -0.39 is 12.2 Å². The third-order valence-corrected chi connectivity index (χ3v) is 4.62. The number of aliphatic hydroxyl groups is 3. The normalized spacial score (nSPS) is 13.6. The third-order valence-electron chi connectivity index (χ3n) is 4.62. The van der Waals surface area contributed by atoms with Crippen LogP contribution in [0.2, 0.25) is 0 Å². The molecule has 25 heavy (non-hydrogen) atoms. The van der Waals surface area contributed by atoms with Gasteiger partial charge >= 0.3 is 0 Å². The van der Waals surface area contributed by atoms with E-state index >= 15 is 0 Å². The van der Waals surface area contributed by atoms with Crippen LogP contribution >= 0.6 is 0 Å². The van der Waals surface area contributed by atoms with Crippen LogP contribution in [-0.2, 0) is 4.79 Å². The van der Waals surface area contributed by atoms with Crippen LogP contribution in [0.4, 0.5) is 0 Å². The monoisotopic (exact) mass is 359 g/mol. The number of hydrogen-bond donors (Lipinski definition) is 3. The Hall–Kier alpha value is -0.650. The second-order valence-corrected chi connectivity index (χ2v) is 7.08. The number of hydrogen-bond acceptors (Lipinski definition) is 4. The maximum absolute atomic E-state index is 12.2. The molecule has 150 valence electrons. The van der Waals surface area contributed by atoms with Crippen molar-refractivity contribution in [2.45, 2.75) is 103 Å². The van der Waals surface area contributed by atoms with Crippen LogP contribution in [0.1, 0.15) is 90.9 Å². The van der Waals surface area contributed by atoms with E-state index in [2.05, 4.69) is 6.92 Å². The van der Waals surface area contributed by atoms with E-state index in [0.29, 0.717) is 12.8 Å². The molecule has 2 unspecified atom stereocenters. The number of aliphatic hydroxyl groups excluding tert-OH is 3. The molecule has 0 saturated carbocycles. The van der Waals surface area contributed by atoms with Gasteiger partial charge in [-0.15, -0.1) is 0 Å². The molecule has 1 amide bonds. The Morgan fingerprint density at radius 2 is 1.40 bits per heavy atom. The van der Waals surface area contributed by atoms with E-state index in [9.17, 15) is 15.0 Å². The van der Waals surface area contributed by atoms with Gasteiger partial charge in [0, 0.05) is 13.1 Å². The smallest absolute Gasteiger partial charge is 0.251 e. The summed E-state index contributed by atoms with van der Waals surface area (Å²) in [5.41, 5.74) is 0. The van der Waals surface area contributed by atoms with Crippen molar-refractivity contribution >= 4 is 5.91 Å². The van der Waals surface area contributed by atoms with Crippen molar-refractivity contribution in [2.75, 3.05) is 19.7 Å². The van der Waals surface area contributed by atoms with Crippen molar-refractivity contribution in [1.29, 1.82) is 0 Å². The molecule has 0 aromatic heterocycles. The summed E-state index contributed by atoms with van der Waals surface area (Å²) in [6.45, 7) is 4.43. The first-order chi connectivity index (χ1) is 12.1. The number of nitrogens with zero attached hydrogens (tertiary/aromatic N) is 1. The Balaban J connectivity index is 3.99. The van der Waals surface area contributed by atoms with Gasteiger partial charge in [-0.2, -0.15) is 0 Å². The molecule has 0 radical (unpaired) electrons.